The second kappa shape index (κ2) is 8.61. The SMILES string of the molecule is Cc1ccc(NC(=O)CN2C(=O)N/C(=C/c3cccn3-c3ccc(Br)cc3)C2=O)cc1. The normalized spacial score (nSPS) is 14.8. The van der Waals surface area contributed by atoms with Gasteiger partial charge in [0.2, 0.25) is 5.91 Å². The van der Waals surface area contributed by atoms with E-state index in [9.17, 15) is 14.4 Å². The van der Waals surface area contributed by atoms with Gasteiger partial charge in [-0.15, -0.1) is 0 Å². The number of anilines is 1. The number of carbonyl (C=O) groups excluding carboxylic acids is 3. The van der Waals surface area contributed by atoms with E-state index in [0.29, 0.717) is 5.69 Å². The molecule has 0 aliphatic carbocycles. The summed E-state index contributed by atoms with van der Waals surface area (Å²) in [5, 5.41) is 5.25. The van der Waals surface area contributed by atoms with Gasteiger partial charge in [-0.3, -0.25) is 9.59 Å². The highest BCUT2D eigenvalue weighted by molar-refractivity contribution is 9.10. The lowest BCUT2D eigenvalue weighted by Crippen LogP contribution is -2.38. The van der Waals surface area contributed by atoms with Crippen molar-refractivity contribution < 1.29 is 14.4 Å². The first-order valence-corrected chi connectivity index (χ1v) is 10.3. The van der Waals surface area contributed by atoms with Gasteiger partial charge in [0.25, 0.3) is 5.91 Å². The molecule has 1 aliphatic rings. The summed E-state index contributed by atoms with van der Waals surface area (Å²) in [5.74, 6) is -1.00. The van der Waals surface area contributed by atoms with Gasteiger partial charge in [0, 0.05) is 27.7 Å². The molecule has 1 saturated heterocycles. The summed E-state index contributed by atoms with van der Waals surface area (Å²) < 4.78 is 2.85. The number of imide groups is 1. The summed E-state index contributed by atoms with van der Waals surface area (Å²) in [6.45, 7) is 1.57. The Hall–Kier alpha value is -3.65. The van der Waals surface area contributed by atoms with E-state index in [1.807, 2.05) is 66.2 Å². The van der Waals surface area contributed by atoms with E-state index in [2.05, 4.69) is 26.6 Å². The summed E-state index contributed by atoms with van der Waals surface area (Å²) in [6.07, 6.45) is 3.46. The number of aryl methyl sites for hydroxylation is 1. The molecule has 0 radical (unpaired) electrons. The summed E-state index contributed by atoms with van der Waals surface area (Å²) in [7, 11) is 0. The van der Waals surface area contributed by atoms with E-state index in [1.165, 1.54) is 0 Å². The third-order valence-electron chi connectivity index (χ3n) is 4.78. The van der Waals surface area contributed by atoms with Gasteiger partial charge in [0.1, 0.15) is 12.2 Å². The largest absolute Gasteiger partial charge is 0.329 e. The molecule has 2 aromatic carbocycles. The topological polar surface area (TPSA) is 83.4 Å². The van der Waals surface area contributed by atoms with Crippen LogP contribution in [0.25, 0.3) is 11.8 Å². The minimum atomic E-state index is -0.628. The van der Waals surface area contributed by atoms with Crippen LogP contribution in [0, 0.1) is 6.92 Å². The molecule has 0 unspecified atom stereocenters. The highest BCUT2D eigenvalue weighted by Crippen LogP contribution is 2.20. The number of nitrogens with one attached hydrogen (secondary N) is 2. The Morgan fingerprint density at radius 3 is 2.48 bits per heavy atom. The number of hydrogen-bond donors (Lipinski definition) is 2. The lowest BCUT2D eigenvalue weighted by atomic mass is 10.2. The van der Waals surface area contributed by atoms with Crippen LogP contribution in [-0.2, 0) is 9.59 Å². The van der Waals surface area contributed by atoms with E-state index < -0.39 is 17.8 Å². The molecule has 4 amide bonds. The molecule has 31 heavy (non-hydrogen) atoms. The van der Waals surface area contributed by atoms with Crippen LogP contribution < -0.4 is 10.6 Å². The number of nitrogens with zero attached hydrogens (tertiary/aromatic N) is 2. The summed E-state index contributed by atoms with van der Waals surface area (Å²) in [6, 6.07) is 18.0. The standard InChI is InChI=1S/C23H19BrN4O3/c1-15-4-8-17(9-5-15)25-21(29)14-28-22(30)20(26-23(28)31)13-19-3-2-12-27(19)18-10-6-16(24)7-11-18/h2-13H,14H2,1H3,(H,25,29)(H,26,31)/b20-13+. The fourth-order valence-electron chi connectivity index (χ4n) is 3.19. The van der Waals surface area contributed by atoms with Crippen LogP contribution in [0.4, 0.5) is 10.5 Å². The first kappa shape index (κ1) is 20.6. The van der Waals surface area contributed by atoms with Crippen molar-refractivity contribution in [2.45, 2.75) is 6.92 Å². The van der Waals surface area contributed by atoms with Gasteiger partial charge in [0.15, 0.2) is 0 Å². The fourth-order valence-corrected chi connectivity index (χ4v) is 3.46. The van der Waals surface area contributed by atoms with Crippen molar-refractivity contribution >= 4 is 45.5 Å². The average molecular weight is 479 g/mol. The minimum absolute atomic E-state index is 0.116. The molecule has 1 aliphatic heterocycles. The first-order valence-electron chi connectivity index (χ1n) is 9.55. The summed E-state index contributed by atoms with van der Waals surface area (Å²) in [5.41, 5.74) is 3.41. The maximum absolute atomic E-state index is 12.7. The molecular weight excluding hydrogens is 460 g/mol. The van der Waals surface area contributed by atoms with Crippen molar-refractivity contribution in [3.05, 3.63) is 88.3 Å². The number of carbonyl (C=O) groups is 3. The maximum Gasteiger partial charge on any atom is 0.329 e. The number of hydrogen-bond acceptors (Lipinski definition) is 3. The fraction of sp³-hybridized carbons (Fsp3) is 0.0870. The van der Waals surface area contributed by atoms with Crippen LogP contribution in [-0.4, -0.2) is 33.9 Å². The number of amides is 4. The predicted octanol–water partition coefficient (Wildman–Crippen LogP) is 4.08. The smallest absolute Gasteiger partial charge is 0.325 e. The number of aromatic nitrogens is 1. The van der Waals surface area contributed by atoms with Gasteiger partial charge < -0.3 is 15.2 Å². The molecule has 4 rings (SSSR count). The quantitative estimate of drug-likeness (QED) is 0.428. The molecule has 3 aromatic rings. The van der Waals surface area contributed by atoms with Crippen LogP contribution >= 0.6 is 15.9 Å². The van der Waals surface area contributed by atoms with E-state index in [1.54, 1.807) is 18.2 Å². The Bertz CT molecular complexity index is 1180. The molecule has 0 bridgehead atoms. The number of rotatable bonds is 5. The van der Waals surface area contributed by atoms with Gasteiger partial charge in [-0.05, 0) is 61.5 Å². The van der Waals surface area contributed by atoms with Gasteiger partial charge in [-0.1, -0.05) is 33.6 Å². The maximum atomic E-state index is 12.7. The summed E-state index contributed by atoms with van der Waals surface area (Å²) in [4.78, 5) is 38.3. The zero-order chi connectivity index (χ0) is 22.0. The first-order chi connectivity index (χ1) is 14.9. The van der Waals surface area contributed by atoms with E-state index in [4.69, 9.17) is 0 Å². The second-order valence-corrected chi connectivity index (χ2v) is 7.99. The highest BCUT2D eigenvalue weighted by atomic mass is 79.9. The molecule has 0 spiro atoms. The number of urea groups is 1. The molecule has 0 saturated carbocycles. The van der Waals surface area contributed by atoms with Crippen molar-refractivity contribution in [1.82, 2.24) is 14.8 Å². The Labute approximate surface area is 187 Å². The average Bonchev–Trinajstić information content (AvgIpc) is 3.30. The molecule has 1 fully saturated rings. The van der Waals surface area contributed by atoms with Crippen LogP contribution in [0.1, 0.15) is 11.3 Å². The number of halogens is 1. The lowest BCUT2D eigenvalue weighted by molar-refractivity contribution is -0.127. The Morgan fingerprint density at radius 2 is 1.77 bits per heavy atom. The Balaban J connectivity index is 1.49. The monoisotopic (exact) mass is 478 g/mol. The van der Waals surface area contributed by atoms with Crippen molar-refractivity contribution in [3.8, 4) is 5.69 Å². The molecule has 2 N–H and O–H groups in total. The zero-order valence-corrected chi connectivity index (χ0v) is 18.2. The van der Waals surface area contributed by atoms with Crippen LogP contribution in [0.2, 0.25) is 0 Å². The molecule has 2 heterocycles. The molecule has 156 valence electrons. The highest BCUT2D eigenvalue weighted by Gasteiger charge is 2.35. The van der Waals surface area contributed by atoms with Crippen molar-refractivity contribution in [3.63, 3.8) is 0 Å². The molecule has 0 atom stereocenters. The summed E-state index contributed by atoms with van der Waals surface area (Å²) >= 11 is 3.41. The zero-order valence-electron chi connectivity index (χ0n) is 16.6. The lowest BCUT2D eigenvalue weighted by Gasteiger charge is -2.12. The van der Waals surface area contributed by atoms with Crippen LogP contribution in [0.5, 0.6) is 0 Å². The van der Waals surface area contributed by atoms with E-state index in [0.717, 1.165) is 26.3 Å². The molecule has 8 heteroatoms. The van der Waals surface area contributed by atoms with Gasteiger partial charge >= 0.3 is 6.03 Å². The molecule has 7 nitrogen and oxygen atoms in total. The van der Waals surface area contributed by atoms with Gasteiger partial charge in [-0.2, -0.15) is 0 Å². The van der Waals surface area contributed by atoms with E-state index in [-0.39, 0.29) is 12.2 Å². The van der Waals surface area contributed by atoms with Gasteiger partial charge in [-0.25, -0.2) is 9.69 Å². The number of benzene rings is 2. The third-order valence-corrected chi connectivity index (χ3v) is 5.31. The molecule has 1 aromatic heterocycles. The predicted molar refractivity (Wildman–Crippen MR) is 121 cm³/mol. The van der Waals surface area contributed by atoms with Crippen molar-refractivity contribution in [2.75, 3.05) is 11.9 Å². The van der Waals surface area contributed by atoms with Gasteiger partial charge in [0.05, 0.1) is 0 Å². The Morgan fingerprint density at radius 1 is 1.06 bits per heavy atom. The third kappa shape index (κ3) is 4.59. The molecular formula is C23H19BrN4O3. The van der Waals surface area contributed by atoms with Crippen LogP contribution in [0.15, 0.2) is 77.0 Å². The minimum Gasteiger partial charge on any atom is -0.325 e. The van der Waals surface area contributed by atoms with E-state index >= 15 is 0 Å². The van der Waals surface area contributed by atoms with Crippen molar-refractivity contribution in [1.29, 1.82) is 0 Å². The van der Waals surface area contributed by atoms with Crippen molar-refractivity contribution in [2.24, 2.45) is 0 Å². The van der Waals surface area contributed by atoms with Crippen LogP contribution in [0.3, 0.4) is 0 Å². The Kier molecular flexibility index (Phi) is 5.73. The second-order valence-electron chi connectivity index (χ2n) is 7.07.